The predicted octanol–water partition coefficient (Wildman–Crippen LogP) is 5.37. The quantitative estimate of drug-likeness (QED) is 0.406. The van der Waals surface area contributed by atoms with E-state index in [0.717, 1.165) is 22.4 Å². The van der Waals surface area contributed by atoms with Crippen molar-refractivity contribution in [3.63, 3.8) is 0 Å². The molecule has 0 aliphatic carbocycles. The Morgan fingerprint density at radius 2 is 1.58 bits per heavy atom. The zero-order chi connectivity index (χ0) is 23.5. The van der Waals surface area contributed by atoms with E-state index in [9.17, 15) is 9.59 Å². The smallest absolute Gasteiger partial charge is 0.247 e. The standard InChI is InChI=1S/C28H30N2O3/c1-3-27(31)29-25-15-10-22(11-16-25)14-19-28(32)30(4-2)20-23-12-17-26(18-13-23)33-21-24-8-6-5-7-9-24/h3,5-13,15-18H,1,4,14,19-21H2,2H3,(H,29,31). The fourth-order valence-corrected chi connectivity index (χ4v) is 3.39. The first-order valence-corrected chi connectivity index (χ1v) is 11.1. The van der Waals surface area contributed by atoms with E-state index in [2.05, 4.69) is 11.9 Å². The summed E-state index contributed by atoms with van der Waals surface area (Å²) in [6, 6.07) is 25.5. The normalized spacial score (nSPS) is 10.3. The van der Waals surface area contributed by atoms with Crippen LogP contribution in [0.25, 0.3) is 0 Å². The molecule has 0 aliphatic heterocycles. The maximum atomic E-state index is 12.8. The number of rotatable bonds is 11. The Balaban J connectivity index is 1.48. The second-order valence-corrected chi connectivity index (χ2v) is 7.72. The monoisotopic (exact) mass is 442 g/mol. The number of benzene rings is 3. The number of carbonyl (C=O) groups excluding carboxylic acids is 2. The van der Waals surface area contributed by atoms with Gasteiger partial charge >= 0.3 is 0 Å². The summed E-state index contributed by atoms with van der Waals surface area (Å²) in [5, 5.41) is 2.72. The lowest BCUT2D eigenvalue weighted by molar-refractivity contribution is -0.131. The van der Waals surface area contributed by atoms with Gasteiger partial charge in [0.05, 0.1) is 0 Å². The van der Waals surface area contributed by atoms with Crippen LogP contribution in [-0.2, 0) is 29.2 Å². The molecule has 3 aromatic carbocycles. The fraction of sp³-hybridized carbons (Fsp3) is 0.214. The van der Waals surface area contributed by atoms with Gasteiger partial charge in [0.25, 0.3) is 0 Å². The SMILES string of the molecule is C=CC(=O)Nc1ccc(CCC(=O)N(CC)Cc2ccc(OCc3ccccc3)cc2)cc1. The van der Waals surface area contributed by atoms with Crippen LogP contribution < -0.4 is 10.1 Å². The van der Waals surface area contributed by atoms with E-state index in [1.165, 1.54) is 6.08 Å². The minimum absolute atomic E-state index is 0.117. The predicted molar refractivity (Wildman–Crippen MR) is 132 cm³/mol. The van der Waals surface area contributed by atoms with E-state index in [4.69, 9.17) is 4.74 Å². The number of ether oxygens (including phenoxy) is 1. The van der Waals surface area contributed by atoms with Crippen LogP contribution in [0.15, 0.2) is 91.5 Å². The molecular formula is C28H30N2O3. The van der Waals surface area contributed by atoms with Crippen LogP contribution >= 0.6 is 0 Å². The zero-order valence-electron chi connectivity index (χ0n) is 19.0. The number of amides is 2. The molecule has 0 fully saturated rings. The molecule has 0 radical (unpaired) electrons. The molecule has 0 aromatic heterocycles. The summed E-state index contributed by atoms with van der Waals surface area (Å²) in [5.41, 5.74) is 3.96. The number of anilines is 1. The lowest BCUT2D eigenvalue weighted by Crippen LogP contribution is -2.30. The number of nitrogens with zero attached hydrogens (tertiary/aromatic N) is 1. The Morgan fingerprint density at radius 3 is 2.21 bits per heavy atom. The van der Waals surface area contributed by atoms with Crippen LogP contribution in [0.3, 0.4) is 0 Å². The van der Waals surface area contributed by atoms with Crippen molar-refractivity contribution in [1.29, 1.82) is 0 Å². The second kappa shape index (κ2) is 12.2. The molecular weight excluding hydrogens is 412 g/mol. The Bertz CT molecular complexity index is 1040. The van der Waals surface area contributed by atoms with E-state index >= 15 is 0 Å². The average Bonchev–Trinajstić information content (AvgIpc) is 2.86. The van der Waals surface area contributed by atoms with E-state index < -0.39 is 0 Å². The van der Waals surface area contributed by atoms with Crippen LogP contribution in [0.4, 0.5) is 5.69 Å². The van der Waals surface area contributed by atoms with Gasteiger partial charge in [-0.05, 0) is 60.4 Å². The summed E-state index contributed by atoms with van der Waals surface area (Å²) in [6.07, 6.45) is 2.32. The minimum atomic E-state index is -0.243. The molecule has 0 spiro atoms. The van der Waals surface area contributed by atoms with Gasteiger partial charge in [-0.25, -0.2) is 0 Å². The van der Waals surface area contributed by atoms with E-state index in [0.29, 0.717) is 38.2 Å². The highest BCUT2D eigenvalue weighted by molar-refractivity contribution is 5.98. The number of hydrogen-bond donors (Lipinski definition) is 1. The van der Waals surface area contributed by atoms with Gasteiger partial charge in [0.1, 0.15) is 12.4 Å². The lowest BCUT2D eigenvalue weighted by Gasteiger charge is -2.21. The van der Waals surface area contributed by atoms with Gasteiger partial charge in [0.15, 0.2) is 0 Å². The van der Waals surface area contributed by atoms with Gasteiger partial charge in [0.2, 0.25) is 11.8 Å². The molecule has 0 bridgehead atoms. The van der Waals surface area contributed by atoms with Gasteiger partial charge in [-0.15, -0.1) is 0 Å². The van der Waals surface area contributed by atoms with E-state index in [1.54, 1.807) is 0 Å². The molecule has 1 N–H and O–H groups in total. The lowest BCUT2D eigenvalue weighted by atomic mass is 10.1. The Morgan fingerprint density at radius 1 is 0.909 bits per heavy atom. The molecule has 5 heteroatoms. The molecule has 0 aliphatic rings. The Kier molecular flexibility index (Phi) is 8.83. The summed E-state index contributed by atoms with van der Waals surface area (Å²) in [7, 11) is 0. The van der Waals surface area contributed by atoms with Crippen molar-refractivity contribution in [2.24, 2.45) is 0 Å². The van der Waals surface area contributed by atoms with Crippen molar-refractivity contribution >= 4 is 17.5 Å². The highest BCUT2D eigenvalue weighted by atomic mass is 16.5. The molecule has 170 valence electrons. The third kappa shape index (κ3) is 7.65. The van der Waals surface area contributed by atoms with Crippen molar-refractivity contribution < 1.29 is 14.3 Å². The molecule has 0 heterocycles. The summed E-state index contributed by atoms with van der Waals surface area (Å²) in [4.78, 5) is 26.0. The third-order valence-corrected chi connectivity index (χ3v) is 5.31. The number of hydrogen-bond acceptors (Lipinski definition) is 3. The van der Waals surface area contributed by atoms with Gasteiger partial charge < -0.3 is 15.0 Å². The number of aryl methyl sites for hydroxylation is 1. The fourth-order valence-electron chi connectivity index (χ4n) is 3.39. The van der Waals surface area contributed by atoms with Gasteiger partial charge in [0, 0.05) is 25.2 Å². The summed E-state index contributed by atoms with van der Waals surface area (Å²) in [6.45, 7) is 7.18. The van der Waals surface area contributed by atoms with Crippen LogP contribution in [-0.4, -0.2) is 23.3 Å². The Labute approximate surface area is 195 Å². The number of nitrogens with one attached hydrogen (secondary N) is 1. The van der Waals surface area contributed by atoms with E-state index in [1.807, 2.05) is 90.7 Å². The van der Waals surface area contributed by atoms with Crippen molar-refractivity contribution in [2.75, 3.05) is 11.9 Å². The molecule has 3 aromatic rings. The molecule has 0 atom stereocenters. The van der Waals surface area contributed by atoms with Crippen molar-refractivity contribution in [3.05, 3.63) is 108 Å². The first-order valence-electron chi connectivity index (χ1n) is 11.1. The number of carbonyl (C=O) groups is 2. The van der Waals surface area contributed by atoms with Gasteiger partial charge in [-0.1, -0.05) is 61.2 Å². The molecule has 0 saturated heterocycles. The van der Waals surface area contributed by atoms with Gasteiger partial charge in [-0.3, -0.25) is 9.59 Å². The largest absolute Gasteiger partial charge is 0.489 e. The molecule has 0 unspecified atom stereocenters. The summed E-state index contributed by atoms with van der Waals surface area (Å²) < 4.78 is 5.84. The molecule has 3 rings (SSSR count). The van der Waals surface area contributed by atoms with Crippen LogP contribution in [0, 0.1) is 0 Å². The minimum Gasteiger partial charge on any atom is -0.489 e. The van der Waals surface area contributed by atoms with Crippen LogP contribution in [0.2, 0.25) is 0 Å². The summed E-state index contributed by atoms with van der Waals surface area (Å²) >= 11 is 0. The van der Waals surface area contributed by atoms with Crippen molar-refractivity contribution in [2.45, 2.75) is 32.9 Å². The first kappa shape index (κ1) is 23.8. The van der Waals surface area contributed by atoms with Crippen molar-refractivity contribution in [3.8, 4) is 5.75 Å². The highest BCUT2D eigenvalue weighted by Crippen LogP contribution is 2.17. The van der Waals surface area contributed by atoms with Crippen LogP contribution in [0.5, 0.6) is 5.75 Å². The van der Waals surface area contributed by atoms with E-state index in [-0.39, 0.29) is 11.8 Å². The maximum absolute atomic E-state index is 12.8. The molecule has 5 nitrogen and oxygen atoms in total. The topological polar surface area (TPSA) is 58.6 Å². The second-order valence-electron chi connectivity index (χ2n) is 7.72. The first-order chi connectivity index (χ1) is 16.1. The summed E-state index contributed by atoms with van der Waals surface area (Å²) in [5.74, 6) is 0.683. The van der Waals surface area contributed by atoms with Crippen LogP contribution in [0.1, 0.15) is 30.0 Å². The Hall–Kier alpha value is -3.86. The highest BCUT2D eigenvalue weighted by Gasteiger charge is 2.12. The van der Waals surface area contributed by atoms with Gasteiger partial charge in [-0.2, -0.15) is 0 Å². The molecule has 33 heavy (non-hydrogen) atoms. The zero-order valence-corrected chi connectivity index (χ0v) is 19.0. The maximum Gasteiger partial charge on any atom is 0.247 e. The molecule has 2 amide bonds. The average molecular weight is 443 g/mol. The molecule has 0 saturated carbocycles. The third-order valence-electron chi connectivity index (χ3n) is 5.31. The van der Waals surface area contributed by atoms with Crippen molar-refractivity contribution in [1.82, 2.24) is 4.90 Å².